The molecule has 0 radical (unpaired) electrons. The van der Waals surface area contributed by atoms with Gasteiger partial charge in [0.25, 0.3) is 0 Å². The minimum Gasteiger partial charge on any atom is -0.497 e. The number of hydrogen-bond donors (Lipinski definition) is 0. The lowest BCUT2D eigenvalue weighted by Gasteiger charge is -2.05. The van der Waals surface area contributed by atoms with Crippen molar-refractivity contribution < 1.29 is 9.47 Å². The number of benzene rings is 1. The van der Waals surface area contributed by atoms with E-state index >= 15 is 0 Å². The zero-order valence-corrected chi connectivity index (χ0v) is 11.3. The molecule has 0 bridgehead atoms. The van der Waals surface area contributed by atoms with Crippen LogP contribution in [-0.2, 0) is 4.74 Å². The van der Waals surface area contributed by atoms with E-state index in [2.05, 4.69) is 13.0 Å². The minimum absolute atomic E-state index is 0.589. The molecule has 0 spiro atoms. The van der Waals surface area contributed by atoms with Crippen LogP contribution in [-0.4, -0.2) is 13.2 Å². The first-order valence-corrected chi connectivity index (χ1v) is 6.49. The maximum absolute atomic E-state index is 5.66. The van der Waals surface area contributed by atoms with Gasteiger partial charge < -0.3 is 9.47 Å². The van der Waals surface area contributed by atoms with Crippen molar-refractivity contribution in [1.29, 1.82) is 0 Å². The highest BCUT2D eigenvalue weighted by molar-refractivity contribution is 5.51. The molecule has 1 aromatic carbocycles. The molecular formula is C16H22O2. The molecule has 2 heteroatoms. The molecule has 0 aliphatic rings. The highest BCUT2D eigenvalue weighted by atomic mass is 16.5. The molecule has 0 amide bonds. The number of hydrogen-bond acceptors (Lipinski definition) is 2. The second-order valence-corrected chi connectivity index (χ2v) is 3.98. The standard InChI is InChI=1S/C16H22O2/c1-3-5-13-18-16-10-6-8-15(14-16)9-7-12-17-11-4-2/h4,6-11,14H,3,5,12-13H2,1-2H3/b9-7+,11-4+. The molecule has 0 heterocycles. The summed E-state index contributed by atoms with van der Waals surface area (Å²) in [6.07, 6.45) is 9.84. The van der Waals surface area contributed by atoms with Crippen LogP contribution in [0.4, 0.5) is 0 Å². The summed E-state index contributed by atoms with van der Waals surface area (Å²) >= 11 is 0. The monoisotopic (exact) mass is 246 g/mol. The van der Waals surface area contributed by atoms with Gasteiger partial charge in [0.15, 0.2) is 0 Å². The highest BCUT2D eigenvalue weighted by Gasteiger charge is 1.94. The predicted molar refractivity (Wildman–Crippen MR) is 76.6 cm³/mol. The van der Waals surface area contributed by atoms with Crippen molar-refractivity contribution in [2.75, 3.05) is 13.2 Å². The third-order valence-corrected chi connectivity index (χ3v) is 2.36. The van der Waals surface area contributed by atoms with Crippen molar-refractivity contribution in [3.8, 4) is 5.75 Å². The summed E-state index contributed by atoms with van der Waals surface area (Å²) < 4.78 is 10.9. The van der Waals surface area contributed by atoms with Crippen LogP contribution in [0, 0.1) is 0 Å². The fourth-order valence-electron chi connectivity index (χ4n) is 1.43. The Kier molecular flexibility index (Phi) is 7.45. The topological polar surface area (TPSA) is 18.5 Å². The Morgan fingerprint density at radius 3 is 2.94 bits per heavy atom. The first-order chi connectivity index (χ1) is 8.86. The molecule has 0 saturated heterocycles. The summed E-state index contributed by atoms with van der Waals surface area (Å²) in [7, 11) is 0. The lowest BCUT2D eigenvalue weighted by molar-refractivity contribution is 0.290. The Morgan fingerprint density at radius 1 is 1.28 bits per heavy atom. The quantitative estimate of drug-likeness (QED) is 0.499. The first kappa shape index (κ1) is 14.4. The third kappa shape index (κ3) is 6.14. The van der Waals surface area contributed by atoms with Gasteiger partial charge in [-0.2, -0.15) is 0 Å². The van der Waals surface area contributed by atoms with Crippen LogP contribution in [0.1, 0.15) is 32.3 Å². The van der Waals surface area contributed by atoms with Gasteiger partial charge in [0.1, 0.15) is 12.4 Å². The van der Waals surface area contributed by atoms with E-state index in [0.717, 1.165) is 30.8 Å². The SMILES string of the molecule is C/C=C/OC/C=C/c1cccc(OCCCC)c1. The van der Waals surface area contributed by atoms with Crippen LogP contribution in [0.5, 0.6) is 5.75 Å². The van der Waals surface area contributed by atoms with E-state index in [4.69, 9.17) is 9.47 Å². The molecule has 0 aromatic heterocycles. The van der Waals surface area contributed by atoms with Gasteiger partial charge >= 0.3 is 0 Å². The maximum Gasteiger partial charge on any atom is 0.119 e. The lowest BCUT2D eigenvalue weighted by Crippen LogP contribution is -1.96. The summed E-state index contributed by atoms with van der Waals surface area (Å²) in [5.74, 6) is 0.931. The Balaban J connectivity index is 2.43. The molecule has 0 atom stereocenters. The second kappa shape index (κ2) is 9.34. The van der Waals surface area contributed by atoms with E-state index < -0.39 is 0 Å². The molecule has 1 rings (SSSR count). The number of rotatable bonds is 8. The van der Waals surface area contributed by atoms with Crippen LogP contribution in [0.3, 0.4) is 0 Å². The van der Waals surface area contributed by atoms with Gasteiger partial charge in [-0.1, -0.05) is 37.6 Å². The molecule has 0 saturated carbocycles. The molecule has 2 nitrogen and oxygen atoms in total. The van der Waals surface area contributed by atoms with Crippen molar-refractivity contribution >= 4 is 6.08 Å². The summed E-state index contributed by atoms with van der Waals surface area (Å²) in [4.78, 5) is 0. The average Bonchev–Trinajstić information content (AvgIpc) is 2.39. The van der Waals surface area contributed by atoms with Gasteiger partial charge in [-0.05, 0) is 37.1 Å². The zero-order valence-electron chi connectivity index (χ0n) is 11.3. The summed E-state index contributed by atoms with van der Waals surface area (Å²) in [6.45, 7) is 5.47. The number of unbranched alkanes of at least 4 members (excludes halogenated alkanes) is 1. The summed E-state index contributed by atoms with van der Waals surface area (Å²) in [5.41, 5.74) is 1.13. The fraction of sp³-hybridized carbons (Fsp3) is 0.375. The number of ether oxygens (including phenoxy) is 2. The maximum atomic E-state index is 5.66. The Morgan fingerprint density at radius 2 is 2.17 bits per heavy atom. The summed E-state index contributed by atoms with van der Waals surface area (Å²) in [6, 6.07) is 8.09. The van der Waals surface area contributed by atoms with Crippen LogP contribution in [0.25, 0.3) is 6.08 Å². The van der Waals surface area contributed by atoms with Crippen molar-refractivity contribution in [2.24, 2.45) is 0 Å². The second-order valence-electron chi connectivity index (χ2n) is 3.98. The normalized spacial score (nSPS) is 11.2. The number of allylic oxidation sites excluding steroid dienone is 1. The van der Waals surface area contributed by atoms with E-state index in [0.29, 0.717) is 6.61 Å². The van der Waals surface area contributed by atoms with Crippen LogP contribution < -0.4 is 4.74 Å². The largest absolute Gasteiger partial charge is 0.497 e. The van der Waals surface area contributed by atoms with Crippen molar-refractivity contribution in [1.82, 2.24) is 0 Å². The van der Waals surface area contributed by atoms with E-state index in [9.17, 15) is 0 Å². The highest BCUT2D eigenvalue weighted by Crippen LogP contribution is 2.14. The van der Waals surface area contributed by atoms with Crippen molar-refractivity contribution in [3.05, 3.63) is 48.2 Å². The molecule has 0 aliphatic carbocycles. The van der Waals surface area contributed by atoms with Gasteiger partial charge in [0.05, 0.1) is 12.9 Å². The molecule has 1 aromatic rings. The van der Waals surface area contributed by atoms with Crippen LogP contribution >= 0.6 is 0 Å². The van der Waals surface area contributed by atoms with E-state index in [1.54, 1.807) is 6.26 Å². The molecular weight excluding hydrogens is 224 g/mol. The molecule has 0 fully saturated rings. The fourth-order valence-corrected chi connectivity index (χ4v) is 1.43. The predicted octanol–water partition coefficient (Wildman–Crippen LogP) is 4.43. The molecule has 18 heavy (non-hydrogen) atoms. The average molecular weight is 246 g/mol. The van der Waals surface area contributed by atoms with Crippen molar-refractivity contribution in [2.45, 2.75) is 26.7 Å². The van der Waals surface area contributed by atoms with Gasteiger partial charge in [0, 0.05) is 0 Å². The third-order valence-electron chi connectivity index (χ3n) is 2.36. The smallest absolute Gasteiger partial charge is 0.119 e. The zero-order chi connectivity index (χ0) is 13.1. The Labute approximate surface area is 110 Å². The van der Waals surface area contributed by atoms with E-state index in [-0.39, 0.29) is 0 Å². The molecule has 0 N–H and O–H groups in total. The van der Waals surface area contributed by atoms with Crippen LogP contribution in [0.2, 0.25) is 0 Å². The minimum atomic E-state index is 0.589. The van der Waals surface area contributed by atoms with Gasteiger partial charge in [0.2, 0.25) is 0 Å². The van der Waals surface area contributed by atoms with E-state index in [1.165, 1.54) is 0 Å². The molecule has 98 valence electrons. The molecule has 0 unspecified atom stereocenters. The van der Waals surface area contributed by atoms with Crippen LogP contribution in [0.15, 0.2) is 42.7 Å². The lowest BCUT2D eigenvalue weighted by atomic mass is 10.2. The Bertz CT molecular complexity index is 380. The first-order valence-electron chi connectivity index (χ1n) is 6.49. The van der Waals surface area contributed by atoms with Gasteiger partial charge in [-0.15, -0.1) is 0 Å². The summed E-state index contributed by atoms with van der Waals surface area (Å²) in [5, 5.41) is 0. The van der Waals surface area contributed by atoms with Gasteiger partial charge in [-0.3, -0.25) is 0 Å². The molecule has 0 aliphatic heterocycles. The Hall–Kier alpha value is -1.70. The van der Waals surface area contributed by atoms with E-state index in [1.807, 2.05) is 43.4 Å². The van der Waals surface area contributed by atoms with Crippen molar-refractivity contribution in [3.63, 3.8) is 0 Å². The van der Waals surface area contributed by atoms with Gasteiger partial charge in [-0.25, -0.2) is 0 Å².